The first kappa shape index (κ1) is 15.4. The van der Waals surface area contributed by atoms with Crippen LogP contribution in [0.3, 0.4) is 0 Å². The molecule has 0 unspecified atom stereocenters. The van der Waals surface area contributed by atoms with E-state index in [0.29, 0.717) is 12.0 Å². The fourth-order valence-corrected chi connectivity index (χ4v) is 2.40. The van der Waals surface area contributed by atoms with E-state index in [1.54, 1.807) is 12.3 Å². The van der Waals surface area contributed by atoms with Gasteiger partial charge in [0.05, 0.1) is 37.4 Å². The molecule has 118 valence electrons. The molecular formula is C18H18N2O3. The molecule has 1 N–H and O–H groups in total. The van der Waals surface area contributed by atoms with Crippen molar-refractivity contribution in [3.8, 4) is 0 Å². The Bertz CT molecular complexity index is 830. The highest BCUT2D eigenvalue weighted by Gasteiger charge is 2.10. The Morgan fingerprint density at radius 2 is 1.83 bits per heavy atom. The highest BCUT2D eigenvalue weighted by molar-refractivity contribution is 5.80. The van der Waals surface area contributed by atoms with Crippen LogP contribution >= 0.6 is 0 Å². The summed E-state index contributed by atoms with van der Waals surface area (Å²) >= 11 is 0. The van der Waals surface area contributed by atoms with Gasteiger partial charge in [-0.3, -0.25) is 4.79 Å². The smallest absolute Gasteiger partial charge is 0.274 e. The van der Waals surface area contributed by atoms with Crippen molar-refractivity contribution in [3.63, 3.8) is 0 Å². The number of aliphatic hydroxyl groups is 1. The normalized spacial score (nSPS) is 12.4. The second-order valence-corrected chi connectivity index (χ2v) is 5.37. The van der Waals surface area contributed by atoms with Gasteiger partial charge in [-0.15, -0.1) is 0 Å². The minimum atomic E-state index is -0.787. The number of aliphatic hydroxyl groups excluding tert-OH is 1. The maximum atomic E-state index is 12.3. The molecule has 1 heterocycles. The van der Waals surface area contributed by atoms with Gasteiger partial charge in [-0.2, -0.15) is 5.10 Å². The zero-order valence-corrected chi connectivity index (χ0v) is 12.6. The third-order valence-electron chi connectivity index (χ3n) is 3.57. The molecule has 0 bridgehead atoms. The zero-order chi connectivity index (χ0) is 16.1. The Labute approximate surface area is 133 Å². The second-order valence-electron chi connectivity index (χ2n) is 5.37. The van der Waals surface area contributed by atoms with Gasteiger partial charge in [0, 0.05) is 5.39 Å². The minimum Gasteiger partial charge on any atom is -0.389 e. The van der Waals surface area contributed by atoms with Crippen molar-refractivity contribution in [2.24, 2.45) is 0 Å². The molecule has 0 saturated heterocycles. The maximum absolute atomic E-state index is 12.3. The van der Waals surface area contributed by atoms with E-state index in [9.17, 15) is 9.90 Å². The Kier molecular flexibility index (Phi) is 4.80. The Hall–Kier alpha value is -2.50. The molecule has 0 aliphatic rings. The lowest BCUT2D eigenvalue weighted by atomic mass is 10.2. The van der Waals surface area contributed by atoms with Crippen LogP contribution in [0.1, 0.15) is 5.56 Å². The fraction of sp³-hybridized carbons (Fsp3) is 0.222. The molecule has 3 aromatic rings. The fourth-order valence-electron chi connectivity index (χ4n) is 2.40. The SMILES string of the molecule is O=c1c2ccccc2cnn1C[C@H](O)COCc1ccccc1. The number of fused-ring (bicyclic) bond motifs is 1. The Balaban J connectivity index is 1.60. The summed E-state index contributed by atoms with van der Waals surface area (Å²) in [6.45, 7) is 0.687. The van der Waals surface area contributed by atoms with Crippen molar-refractivity contribution in [1.29, 1.82) is 0 Å². The van der Waals surface area contributed by atoms with E-state index in [2.05, 4.69) is 5.10 Å². The van der Waals surface area contributed by atoms with Crippen molar-refractivity contribution >= 4 is 10.8 Å². The number of rotatable bonds is 6. The first-order valence-electron chi connectivity index (χ1n) is 7.48. The summed E-state index contributed by atoms with van der Waals surface area (Å²) in [5.41, 5.74) is 0.839. The molecule has 5 heteroatoms. The number of ether oxygens (including phenoxy) is 1. The van der Waals surface area contributed by atoms with Gasteiger partial charge in [-0.25, -0.2) is 4.68 Å². The van der Waals surface area contributed by atoms with Crippen LogP contribution in [0, 0.1) is 0 Å². The zero-order valence-electron chi connectivity index (χ0n) is 12.6. The number of benzene rings is 2. The molecule has 0 aliphatic heterocycles. The van der Waals surface area contributed by atoms with E-state index >= 15 is 0 Å². The molecule has 1 aromatic heterocycles. The van der Waals surface area contributed by atoms with Crippen LogP contribution in [0.25, 0.3) is 10.8 Å². The lowest BCUT2D eigenvalue weighted by molar-refractivity contribution is 0.0181. The number of hydrogen-bond acceptors (Lipinski definition) is 4. The number of nitrogens with zero attached hydrogens (tertiary/aromatic N) is 2. The number of aromatic nitrogens is 2. The third kappa shape index (κ3) is 3.83. The van der Waals surface area contributed by atoms with Crippen molar-refractivity contribution in [3.05, 3.63) is 76.7 Å². The monoisotopic (exact) mass is 310 g/mol. The first-order valence-corrected chi connectivity index (χ1v) is 7.48. The van der Waals surface area contributed by atoms with Crippen LogP contribution in [-0.2, 0) is 17.9 Å². The van der Waals surface area contributed by atoms with Gasteiger partial charge in [0.25, 0.3) is 5.56 Å². The van der Waals surface area contributed by atoms with E-state index < -0.39 is 6.10 Å². The van der Waals surface area contributed by atoms with Crippen molar-refractivity contribution in [1.82, 2.24) is 9.78 Å². The summed E-state index contributed by atoms with van der Waals surface area (Å²) in [7, 11) is 0. The molecule has 23 heavy (non-hydrogen) atoms. The van der Waals surface area contributed by atoms with Gasteiger partial charge in [0.15, 0.2) is 0 Å². The third-order valence-corrected chi connectivity index (χ3v) is 3.57. The lowest BCUT2D eigenvalue weighted by Crippen LogP contribution is -2.31. The summed E-state index contributed by atoms with van der Waals surface area (Å²) in [6.07, 6.45) is 0.846. The Morgan fingerprint density at radius 1 is 1.09 bits per heavy atom. The minimum absolute atomic E-state index is 0.110. The highest BCUT2D eigenvalue weighted by Crippen LogP contribution is 2.07. The summed E-state index contributed by atoms with van der Waals surface area (Å²) in [5.74, 6) is 0. The molecule has 3 rings (SSSR count). The van der Waals surface area contributed by atoms with Crippen LogP contribution in [0.4, 0.5) is 0 Å². The predicted molar refractivity (Wildman–Crippen MR) is 88.1 cm³/mol. The number of hydrogen-bond donors (Lipinski definition) is 1. The van der Waals surface area contributed by atoms with Gasteiger partial charge in [-0.05, 0) is 11.6 Å². The molecule has 0 spiro atoms. The van der Waals surface area contributed by atoms with E-state index in [0.717, 1.165) is 10.9 Å². The average Bonchev–Trinajstić information content (AvgIpc) is 2.59. The van der Waals surface area contributed by atoms with Gasteiger partial charge in [0.2, 0.25) is 0 Å². The topological polar surface area (TPSA) is 64.4 Å². The molecule has 0 radical (unpaired) electrons. The quantitative estimate of drug-likeness (QED) is 0.756. The average molecular weight is 310 g/mol. The second kappa shape index (κ2) is 7.17. The van der Waals surface area contributed by atoms with Crippen molar-refractivity contribution in [2.45, 2.75) is 19.3 Å². The van der Waals surface area contributed by atoms with E-state index in [4.69, 9.17) is 4.74 Å². The molecular weight excluding hydrogens is 292 g/mol. The van der Waals surface area contributed by atoms with E-state index in [1.165, 1.54) is 4.68 Å². The molecule has 0 aliphatic carbocycles. The summed E-state index contributed by atoms with van der Waals surface area (Å²) in [4.78, 5) is 12.3. The van der Waals surface area contributed by atoms with Gasteiger partial charge >= 0.3 is 0 Å². The van der Waals surface area contributed by atoms with E-state index in [1.807, 2.05) is 48.5 Å². The highest BCUT2D eigenvalue weighted by atomic mass is 16.5. The first-order chi connectivity index (χ1) is 11.2. The van der Waals surface area contributed by atoms with Gasteiger partial charge in [0.1, 0.15) is 0 Å². The van der Waals surface area contributed by atoms with Gasteiger partial charge in [-0.1, -0.05) is 48.5 Å². The Morgan fingerprint density at radius 3 is 2.65 bits per heavy atom. The largest absolute Gasteiger partial charge is 0.389 e. The maximum Gasteiger partial charge on any atom is 0.274 e. The van der Waals surface area contributed by atoms with Crippen LogP contribution in [0.2, 0.25) is 0 Å². The molecule has 1 atom stereocenters. The lowest BCUT2D eigenvalue weighted by Gasteiger charge is -2.12. The molecule has 2 aromatic carbocycles. The van der Waals surface area contributed by atoms with Crippen LogP contribution in [0.5, 0.6) is 0 Å². The molecule has 5 nitrogen and oxygen atoms in total. The van der Waals surface area contributed by atoms with Crippen LogP contribution < -0.4 is 5.56 Å². The van der Waals surface area contributed by atoms with Crippen LogP contribution in [0.15, 0.2) is 65.6 Å². The molecule has 0 amide bonds. The van der Waals surface area contributed by atoms with E-state index in [-0.39, 0.29) is 18.7 Å². The predicted octanol–water partition coefficient (Wildman–Crippen LogP) is 1.97. The summed E-state index contributed by atoms with van der Waals surface area (Å²) in [5, 5.41) is 15.5. The molecule has 0 saturated carbocycles. The van der Waals surface area contributed by atoms with Gasteiger partial charge < -0.3 is 9.84 Å². The molecule has 0 fully saturated rings. The van der Waals surface area contributed by atoms with Crippen LogP contribution in [-0.4, -0.2) is 27.6 Å². The van der Waals surface area contributed by atoms with Crippen molar-refractivity contribution < 1.29 is 9.84 Å². The summed E-state index contributed by atoms with van der Waals surface area (Å²) < 4.78 is 6.76. The standard InChI is InChI=1S/C18H18N2O3/c21-16(13-23-12-14-6-2-1-3-7-14)11-20-18(22)17-9-5-4-8-15(17)10-19-20/h1-10,16,21H,11-13H2/t16-/m0/s1. The van der Waals surface area contributed by atoms with Crippen molar-refractivity contribution in [2.75, 3.05) is 6.61 Å². The summed E-state index contributed by atoms with van der Waals surface area (Å²) in [6, 6.07) is 17.0.